The number of carbonyl (C=O) groups is 1. The largest absolute Gasteiger partial charge is 0.356 e. The Morgan fingerprint density at radius 2 is 1.84 bits per heavy atom. The monoisotopic (exact) mass is 288 g/mol. The highest BCUT2D eigenvalue weighted by Gasteiger charge is 2.23. The highest BCUT2D eigenvalue weighted by atomic mass is 35.5. The maximum Gasteiger partial charge on any atom is 0.223 e. The fourth-order valence-electron chi connectivity index (χ4n) is 3.43. The minimum absolute atomic E-state index is 0. The van der Waals surface area contributed by atoms with Crippen molar-refractivity contribution in [3.05, 3.63) is 0 Å². The topological polar surface area (TPSA) is 41.1 Å². The van der Waals surface area contributed by atoms with Gasteiger partial charge in [0.2, 0.25) is 5.91 Å². The Balaban J connectivity index is 0.00000180. The predicted octanol–water partition coefficient (Wildman–Crippen LogP) is 2.74. The van der Waals surface area contributed by atoms with Crippen LogP contribution in [0.5, 0.6) is 0 Å². The second kappa shape index (κ2) is 8.80. The molecule has 1 aliphatic carbocycles. The number of hydrogen-bond acceptors (Lipinski definition) is 2. The molecule has 112 valence electrons. The van der Waals surface area contributed by atoms with E-state index in [-0.39, 0.29) is 18.3 Å². The molecule has 1 saturated heterocycles. The Hall–Kier alpha value is -0.280. The van der Waals surface area contributed by atoms with E-state index in [2.05, 4.69) is 17.6 Å². The summed E-state index contributed by atoms with van der Waals surface area (Å²) in [6.07, 6.45) is 8.73. The summed E-state index contributed by atoms with van der Waals surface area (Å²) < 4.78 is 0. The van der Waals surface area contributed by atoms with Crippen molar-refractivity contribution in [1.82, 2.24) is 10.6 Å². The summed E-state index contributed by atoms with van der Waals surface area (Å²) in [5, 5.41) is 6.46. The van der Waals surface area contributed by atoms with Crippen LogP contribution in [0.2, 0.25) is 0 Å². The SMILES string of the molecule is CC1CCCCC1CCNC(=O)C1CCNCC1.Cl. The van der Waals surface area contributed by atoms with Gasteiger partial charge in [-0.25, -0.2) is 0 Å². The zero-order valence-electron chi connectivity index (χ0n) is 12.1. The smallest absolute Gasteiger partial charge is 0.223 e. The number of nitrogens with one attached hydrogen (secondary N) is 2. The quantitative estimate of drug-likeness (QED) is 0.835. The standard InChI is InChI=1S/C15H28N2O.ClH/c1-12-4-2-3-5-13(12)8-11-17-15(18)14-6-9-16-10-7-14;/h12-14,16H,2-11H2,1H3,(H,17,18);1H. The minimum atomic E-state index is 0. The third-order valence-corrected chi connectivity index (χ3v) is 4.81. The number of amides is 1. The summed E-state index contributed by atoms with van der Waals surface area (Å²) in [7, 11) is 0. The van der Waals surface area contributed by atoms with E-state index < -0.39 is 0 Å². The summed E-state index contributed by atoms with van der Waals surface area (Å²) in [6.45, 7) is 5.26. The highest BCUT2D eigenvalue weighted by molar-refractivity contribution is 5.85. The molecule has 2 rings (SSSR count). The Bertz CT molecular complexity index is 267. The van der Waals surface area contributed by atoms with Gasteiger partial charge in [-0.15, -0.1) is 12.4 Å². The first-order chi connectivity index (χ1) is 8.77. The van der Waals surface area contributed by atoms with Crippen LogP contribution >= 0.6 is 12.4 Å². The van der Waals surface area contributed by atoms with Crippen molar-refractivity contribution in [2.24, 2.45) is 17.8 Å². The molecule has 1 heterocycles. The van der Waals surface area contributed by atoms with Gasteiger partial charge in [-0.05, 0) is 44.2 Å². The lowest BCUT2D eigenvalue weighted by atomic mass is 9.79. The molecule has 0 radical (unpaired) electrons. The molecule has 3 nitrogen and oxygen atoms in total. The summed E-state index contributed by atoms with van der Waals surface area (Å²) in [4.78, 5) is 12.0. The van der Waals surface area contributed by atoms with E-state index >= 15 is 0 Å². The van der Waals surface area contributed by atoms with Crippen molar-refractivity contribution in [2.75, 3.05) is 19.6 Å². The third kappa shape index (κ3) is 5.31. The molecular formula is C15H29ClN2O. The van der Waals surface area contributed by atoms with E-state index in [4.69, 9.17) is 0 Å². The minimum Gasteiger partial charge on any atom is -0.356 e. The molecule has 0 aromatic carbocycles. The average Bonchev–Trinajstić information content (AvgIpc) is 2.42. The van der Waals surface area contributed by atoms with Crippen LogP contribution in [0.3, 0.4) is 0 Å². The fraction of sp³-hybridized carbons (Fsp3) is 0.933. The van der Waals surface area contributed by atoms with Gasteiger partial charge in [-0.1, -0.05) is 32.6 Å². The molecular weight excluding hydrogens is 260 g/mol. The fourth-order valence-corrected chi connectivity index (χ4v) is 3.43. The predicted molar refractivity (Wildman–Crippen MR) is 81.6 cm³/mol. The lowest BCUT2D eigenvalue weighted by Gasteiger charge is -2.29. The summed E-state index contributed by atoms with van der Waals surface area (Å²) in [5.74, 6) is 2.25. The molecule has 1 amide bonds. The van der Waals surface area contributed by atoms with E-state index in [9.17, 15) is 4.79 Å². The van der Waals surface area contributed by atoms with E-state index in [1.54, 1.807) is 0 Å². The van der Waals surface area contributed by atoms with E-state index in [0.717, 1.165) is 44.3 Å². The Morgan fingerprint density at radius 1 is 1.16 bits per heavy atom. The molecule has 4 heteroatoms. The molecule has 1 aliphatic heterocycles. The van der Waals surface area contributed by atoms with Crippen molar-refractivity contribution < 1.29 is 4.79 Å². The first-order valence-electron chi connectivity index (χ1n) is 7.76. The zero-order chi connectivity index (χ0) is 12.8. The average molecular weight is 289 g/mol. The van der Waals surface area contributed by atoms with Gasteiger partial charge < -0.3 is 10.6 Å². The molecule has 2 unspecified atom stereocenters. The number of piperidine rings is 1. The molecule has 2 fully saturated rings. The molecule has 19 heavy (non-hydrogen) atoms. The van der Waals surface area contributed by atoms with Crippen LogP contribution in [0.25, 0.3) is 0 Å². The number of halogens is 1. The van der Waals surface area contributed by atoms with Crippen molar-refractivity contribution >= 4 is 18.3 Å². The Kier molecular flexibility index (Phi) is 7.77. The van der Waals surface area contributed by atoms with Crippen LogP contribution in [-0.2, 0) is 4.79 Å². The number of carbonyl (C=O) groups excluding carboxylic acids is 1. The van der Waals surface area contributed by atoms with Crippen LogP contribution in [0.1, 0.15) is 51.9 Å². The zero-order valence-corrected chi connectivity index (χ0v) is 12.9. The van der Waals surface area contributed by atoms with E-state index in [1.165, 1.54) is 32.1 Å². The molecule has 0 bridgehead atoms. The van der Waals surface area contributed by atoms with Crippen LogP contribution in [0.15, 0.2) is 0 Å². The lowest BCUT2D eigenvalue weighted by molar-refractivity contribution is -0.125. The number of rotatable bonds is 4. The van der Waals surface area contributed by atoms with Gasteiger partial charge in [-0.2, -0.15) is 0 Å². The van der Waals surface area contributed by atoms with Gasteiger partial charge >= 0.3 is 0 Å². The van der Waals surface area contributed by atoms with Gasteiger partial charge in [-0.3, -0.25) is 4.79 Å². The first-order valence-corrected chi connectivity index (χ1v) is 7.76. The van der Waals surface area contributed by atoms with E-state index in [0.29, 0.717) is 5.91 Å². The van der Waals surface area contributed by atoms with Gasteiger partial charge in [0.1, 0.15) is 0 Å². The van der Waals surface area contributed by atoms with Crippen molar-refractivity contribution in [3.63, 3.8) is 0 Å². The van der Waals surface area contributed by atoms with Crippen molar-refractivity contribution in [2.45, 2.75) is 51.9 Å². The Morgan fingerprint density at radius 3 is 2.53 bits per heavy atom. The van der Waals surface area contributed by atoms with Crippen LogP contribution in [-0.4, -0.2) is 25.5 Å². The molecule has 0 aromatic rings. The molecule has 2 aliphatic rings. The van der Waals surface area contributed by atoms with Crippen LogP contribution in [0.4, 0.5) is 0 Å². The van der Waals surface area contributed by atoms with Crippen molar-refractivity contribution in [1.29, 1.82) is 0 Å². The van der Waals surface area contributed by atoms with Gasteiger partial charge in [0, 0.05) is 12.5 Å². The van der Waals surface area contributed by atoms with Crippen LogP contribution < -0.4 is 10.6 Å². The molecule has 0 spiro atoms. The second-order valence-corrected chi connectivity index (χ2v) is 6.13. The maximum absolute atomic E-state index is 12.0. The summed E-state index contributed by atoms with van der Waals surface area (Å²) in [6, 6.07) is 0. The van der Waals surface area contributed by atoms with E-state index in [1.807, 2.05) is 0 Å². The summed E-state index contributed by atoms with van der Waals surface area (Å²) >= 11 is 0. The molecule has 0 aromatic heterocycles. The summed E-state index contributed by atoms with van der Waals surface area (Å²) in [5.41, 5.74) is 0. The van der Waals surface area contributed by atoms with Gasteiger partial charge in [0.05, 0.1) is 0 Å². The maximum atomic E-state index is 12.0. The van der Waals surface area contributed by atoms with Gasteiger partial charge in [0.15, 0.2) is 0 Å². The molecule has 1 saturated carbocycles. The third-order valence-electron chi connectivity index (χ3n) is 4.81. The first kappa shape index (κ1) is 16.8. The van der Waals surface area contributed by atoms with Crippen LogP contribution in [0, 0.1) is 17.8 Å². The highest BCUT2D eigenvalue weighted by Crippen LogP contribution is 2.31. The molecule has 2 N–H and O–H groups in total. The van der Waals surface area contributed by atoms with Crippen molar-refractivity contribution in [3.8, 4) is 0 Å². The number of hydrogen-bond donors (Lipinski definition) is 2. The normalized spacial score (nSPS) is 28.5. The Labute approximate surface area is 123 Å². The van der Waals surface area contributed by atoms with Gasteiger partial charge in [0.25, 0.3) is 0 Å². The lowest BCUT2D eigenvalue weighted by Crippen LogP contribution is -2.39. The second-order valence-electron chi connectivity index (χ2n) is 6.13. The molecule has 2 atom stereocenters.